The van der Waals surface area contributed by atoms with Gasteiger partial charge in [-0.25, -0.2) is 4.99 Å². The molecule has 0 spiro atoms. The molecule has 170 valence electrons. The minimum atomic E-state index is -0.0385. The fraction of sp³-hybridized carbons (Fsp3) is 0.259. The lowest BCUT2D eigenvalue weighted by Gasteiger charge is -2.14. The van der Waals surface area contributed by atoms with E-state index >= 15 is 0 Å². The summed E-state index contributed by atoms with van der Waals surface area (Å²) in [7, 11) is 1.77. The average molecular weight is 460 g/mol. The number of thioether (sulfide) groups is 1. The molecule has 1 aliphatic rings. The Balaban J connectivity index is 1.64. The zero-order valence-electron chi connectivity index (χ0n) is 19.8. The van der Waals surface area contributed by atoms with E-state index in [0.29, 0.717) is 16.7 Å². The number of nitrogens with zero attached hydrogens (tertiary/aromatic N) is 3. The van der Waals surface area contributed by atoms with Crippen LogP contribution < -0.4 is 4.74 Å². The predicted molar refractivity (Wildman–Crippen MR) is 138 cm³/mol. The maximum Gasteiger partial charge on any atom is 0.266 e. The van der Waals surface area contributed by atoms with Gasteiger partial charge in [0.25, 0.3) is 5.91 Å². The fourth-order valence-electron chi connectivity index (χ4n) is 4.02. The van der Waals surface area contributed by atoms with Crippen molar-refractivity contribution in [3.63, 3.8) is 0 Å². The van der Waals surface area contributed by atoms with E-state index in [9.17, 15) is 4.79 Å². The number of rotatable bonds is 6. The summed E-state index contributed by atoms with van der Waals surface area (Å²) in [6, 6.07) is 18.2. The molecule has 1 amide bonds. The van der Waals surface area contributed by atoms with E-state index in [1.54, 1.807) is 11.9 Å². The second-order valence-electron chi connectivity index (χ2n) is 7.94. The highest BCUT2D eigenvalue weighted by Crippen LogP contribution is 2.35. The summed E-state index contributed by atoms with van der Waals surface area (Å²) in [4.78, 5) is 19.9. The molecule has 0 bridgehead atoms. The summed E-state index contributed by atoms with van der Waals surface area (Å²) in [5.74, 6) is 0.772. The summed E-state index contributed by atoms with van der Waals surface area (Å²) in [6.45, 7) is 8.97. The second-order valence-corrected chi connectivity index (χ2v) is 8.95. The Morgan fingerprint density at radius 1 is 1.06 bits per heavy atom. The van der Waals surface area contributed by atoms with Gasteiger partial charge in [-0.05, 0) is 92.6 Å². The first-order valence-corrected chi connectivity index (χ1v) is 12.0. The number of carbonyl (C=O) groups excluding carboxylic acids is 1. The Morgan fingerprint density at radius 2 is 1.79 bits per heavy atom. The number of hydrogen-bond donors (Lipinski definition) is 0. The normalized spacial score (nSPS) is 16.3. The van der Waals surface area contributed by atoms with Crippen LogP contribution in [0.25, 0.3) is 11.8 Å². The van der Waals surface area contributed by atoms with Gasteiger partial charge >= 0.3 is 0 Å². The Hall–Kier alpha value is -3.25. The molecule has 0 aliphatic carbocycles. The second kappa shape index (κ2) is 9.71. The summed E-state index contributed by atoms with van der Waals surface area (Å²) in [6.07, 6.45) is 2.95. The molecule has 0 radical (unpaired) electrons. The number of hydrogen-bond acceptors (Lipinski definition) is 4. The van der Waals surface area contributed by atoms with Crippen LogP contribution in [0.5, 0.6) is 5.75 Å². The van der Waals surface area contributed by atoms with Crippen LogP contribution >= 0.6 is 11.8 Å². The maximum atomic E-state index is 13.0. The summed E-state index contributed by atoms with van der Waals surface area (Å²) >= 11 is 1.41. The van der Waals surface area contributed by atoms with Crippen LogP contribution in [0.15, 0.2) is 64.5 Å². The van der Waals surface area contributed by atoms with Crippen LogP contribution in [-0.2, 0) is 11.2 Å². The molecule has 1 fully saturated rings. The number of carbonyl (C=O) groups is 1. The molecule has 3 aromatic rings. The highest BCUT2D eigenvalue weighted by atomic mass is 32.2. The van der Waals surface area contributed by atoms with E-state index < -0.39 is 0 Å². The Bertz CT molecular complexity index is 1240. The van der Waals surface area contributed by atoms with Crippen LogP contribution in [0.2, 0.25) is 0 Å². The Morgan fingerprint density at radius 3 is 2.48 bits per heavy atom. The molecule has 0 unspecified atom stereocenters. The van der Waals surface area contributed by atoms with Gasteiger partial charge in [-0.1, -0.05) is 25.1 Å². The molecule has 1 saturated heterocycles. The van der Waals surface area contributed by atoms with Crippen LogP contribution in [0.3, 0.4) is 0 Å². The van der Waals surface area contributed by atoms with E-state index in [0.717, 1.165) is 34.8 Å². The number of aliphatic imine (C=N–C) groups is 1. The average Bonchev–Trinajstić information content (AvgIpc) is 3.24. The number of para-hydroxylation sites is 1. The van der Waals surface area contributed by atoms with Crippen molar-refractivity contribution >= 4 is 34.6 Å². The molecular weight excluding hydrogens is 430 g/mol. The van der Waals surface area contributed by atoms with Gasteiger partial charge in [0.05, 0.1) is 17.2 Å². The summed E-state index contributed by atoms with van der Waals surface area (Å²) in [5.41, 5.74) is 6.59. The molecule has 0 atom stereocenters. The molecule has 5 nitrogen and oxygen atoms in total. The van der Waals surface area contributed by atoms with Crippen molar-refractivity contribution in [2.24, 2.45) is 4.99 Å². The minimum Gasteiger partial charge on any atom is -0.494 e. The molecule has 0 saturated carbocycles. The van der Waals surface area contributed by atoms with Gasteiger partial charge in [-0.3, -0.25) is 9.69 Å². The smallest absolute Gasteiger partial charge is 0.266 e. The van der Waals surface area contributed by atoms with Gasteiger partial charge in [0.1, 0.15) is 5.75 Å². The number of amidine groups is 1. The lowest BCUT2D eigenvalue weighted by atomic mass is 10.1. The van der Waals surface area contributed by atoms with Gasteiger partial charge in [0.15, 0.2) is 5.17 Å². The fourth-order valence-corrected chi connectivity index (χ4v) is 5.00. The third-order valence-corrected chi connectivity index (χ3v) is 6.81. The quantitative estimate of drug-likeness (QED) is 0.407. The lowest BCUT2D eigenvalue weighted by Crippen LogP contribution is -2.23. The van der Waals surface area contributed by atoms with Crippen molar-refractivity contribution in [3.8, 4) is 11.4 Å². The molecule has 4 rings (SSSR count). The first-order valence-electron chi connectivity index (χ1n) is 11.2. The number of aryl methyl sites for hydroxylation is 2. The largest absolute Gasteiger partial charge is 0.494 e. The van der Waals surface area contributed by atoms with Gasteiger partial charge in [0, 0.05) is 24.1 Å². The molecule has 2 heterocycles. The monoisotopic (exact) mass is 459 g/mol. The van der Waals surface area contributed by atoms with E-state index in [4.69, 9.17) is 4.74 Å². The highest BCUT2D eigenvalue weighted by molar-refractivity contribution is 8.18. The molecular formula is C27H29N3O2S. The topological polar surface area (TPSA) is 46.8 Å². The van der Waals surface area contributed by atoms with Crippen LogP contribution in [-0.4, -0.2) is 34.2 Å². The maximum absolute atomic E-state index is 13.0. The number of ether oxygens (including phenoxy) is 1. The molecule has 1 aromatic heterocycles. The summed E-state index contributed by atoms with van der Waals surface area (Å²) < 4.78 is 7.76. The third-order valence-electron chi connectivity index (χ3n) is 5.75. The van der Waals surface area contributed by atoms with Crippen molar-refractivity contribution in [1.82, 2.24) is 9.47 Å². The zero-order chi connectivity index (χ0) is 23.5. The van der Waals surface area contributed by atoms with Gasteiger partial charge in [0.2, 0.25) is 0 Å². The Kier molecular flexibility index (Phi) is 6.75. The highest BCUT2D eigenvalue weighted by Gasteiger charge is 2.30. The van der Waals surface area contributed by atoms with Crippen molar-refractivity contribution in [3.05, 3.63) is 82.0 Å². The van der Waals surface area contributed by atoms with E-state index in [1.807, 2.05) is 37.3 Å². The molecule has 6 heteroatoms. The van der Waals surface area contributed by atoms with E-state index in [2.05, 4.69) is 60.7 Å². The molecule has 33 heavy (non-hydrogen) atoms. The van der Waals surface area contributed by atoms with Gasteiger partial charge in [-0.2, -0.15) is 0 Å². The standard InChI is InChI=1S/C27H29N3O2S/c1-6-20-10-8-9-11-24(20)30-18(3)16-21(19(30)4)17-25-26(31)29(5)27(33-25)28-22-12-14-23(15-13-22)32-7-2/h8-17H,6-7H2,1-5H3/b25-17-,28-27?. The zero-order valence-corrected chi connectivity index (χ0v) is 20.6. The van der Waals surface area contributed by atoms with Crippen molar-refractivity contribution in [2.75, 3.05) is 13.7 Å². The predicted octanol–water partition coefficient (Wildman–Crippen LogP) is 6.29. The Labute approximate surface area is 199 Å². The summed E-state index contributed by atoms with van der Waals surface area (Å²) in [5, 5.41) is 0.667. The first kappa shape index (κ1) is 22.9. The van der Waals surface area contributed by atoms with Crippen LogP contribution in [0.4, 0.5) is 5.69 Å². The van der Waals surface area contributed by atoms with Gasteiger partial charge in [-0.15, -0.1) is 0 Å². The van der Waals surface area contributed by atoms with Crippen molar-refractivity contribution in [1.29, 1.82) is 0 Å². The third kappa shape index (κ3) is 4.62. The van der Waals surface area contributed by atoms with Crippen molar-refractivity contribution < 1.29 is 9.53 Å². The molecule has 0 N–H and O–H groups in total. The number of amides is 1. The minimum absolute atomic E-state index is 0.0385. The SMILES string of the molecule is CCOc1ccc(N=C2S/C(=C\c3cc(C)n(-c4ccccc4CC)c3C)C(=O)N2C)cc1. The number of benzene rings is 2. The van der Waals surface area contributed by atoms with Crippen LogP contribution in [0, 0.1) is 13.8 Å². The number of aromatic nitrogens is 1. The van der Waals surface area contributed by atoms with Crippen LogP contribution in [0.1, 0.15) is 36.4 Å². The molecule has 2 aromatic carbocycles. The lowest BCUT2D eigenvalue weighted by molar-refractivity contribution is -0.121. The molecule has 1 aliphatic heterocycles. The van der Waals surface area contributed by atoms with Gasteiger partial charge < -0.3 is 9.30 Å². The van der Waals surface area contributed by atoms with E-state index in [1.165, 1.54) is 23.0 Å². The first-order chi connectivity index (χ1) is 15.9. The van der Waals surface area contributed by atoms with E-state index in [-0.39, 0.29) is 5.91 Å². The number of likely N-dealkylation sites (N-methyl/N-ethyl adjacent to an activating group) is 1. The van der Waals surface area contributed by atoms with Crippen molar-refractivity contribution in [2.45, 2.75) is 34.1 Å².